The minimum Gasteiger partial charge on any atom is -0.399 e. The highest BCUT2D eigenvalue weighted by Crippen LogP contribution is 2.36. The molecular weight excluding hydrogens is 251 g/mol. The van der Waals surface area contributed by atoms with Crippen molar-refractivity contribution in [3.8, 4) is 6.07 Å². The van der Waals surface area contributed by atoms with Gasteiger partial charge in [-0.1, -0.05) is 6.07 Å². The SMILES string of the molecule is CC(C#N)Cc1ccc(B2OC(C)(C)C(C)(C)O2)cn1. The molecule has 1 saturated heterocycles. The Balaban J connectivity index is 2.11. The molecule has 0 radical (unpaired) electrons. The predicted molar refractivity (Wildman–Crippen MR) is 78.4 cm³/mol. The van der Waals surface area contributed by atoms with Gasteiger partial charge in [0.15, 0.2) is 0 Å². The Morgan fingerprint density at radius 2 is 1.85 bits per heavy atom. The van der Waals surface area contributed by atoms with Crippen molar-refractivity contribution in [3.05, 3.63) is 24.0 Å². The molecule has 1 unspecified atom stereocenters. The van der Waals surface area contributed by atoms with E-state index in [1.807, 2.05) is 46.8 Å². The van der Waals surface area contributed by atoms with Gasteiger partial charge in [0.2, 0.25) is 0 Å². The first-order chi connectivity index (χ1) is 9.25. The number of aromatic nitrogens is 1. The third-order valence-electron chi connectivity index (χ3n) is 4.11. The summed E-state index contributed by atoms with van der Waals surface area (Å²) in [6.45, 7) is 10.0. The van der Waals surface area contributed by atoms with Crippen LogP contribution < -0.4 is 5.46 Å². The summed E-state index contributed by atoms with van der Waals surface area (Å²) in [6.07, 6.45) is 2.45. The molecule has 0 N–H and O–H groups in total. The summed E-state index contributed by atoms with van der Waals surface area (Å²) in [4.78, 5) is 4.40. The molecule has 0 spiro atoms. The Morgan fingerprint density at radius 3 is 2.30 bits per heavy atom. The van der Waals surface area contributed by atoms with Gasteiger partial charge in [0.1, 0.15) is 0 Å². The molecule has 0 aromatic carbocycles. The highest BCUT2D eigenvalue weighted by atomic mass is 16.7. The Labute approximate surface area is 121 Å². The molecule has 20 heavy (non-hydrogen) atoms. The van der Waals surface area contributed by atoms with E-state index < -0.39 is 0 Å². The van der Waals surface area contributed by atoms with E-state index in [9.17, 15) is 0 Å². The van der Waals surface area contributed by atoms with Gasteiger partial charge in [-0.15, -0.1) is 0 Å². The number of nitrogens with zero attached hydrogens (tertiary/aromatic N) is 2. The maximum Gasteiger partial charge on any atom is 0.496 e. The number of rotatable bonds is 3. The monoisotopic (exact) mass is 272 g/mol. The summed E-state index contributed by atoms with van der Waals surface area (Å²) in [5.41, 5.74) is 1.15. The summed E-state index contributed by atoms with van der Waals surface area (Å²) in [6, 6.07) is 6.12. The molecule has 0 amide bonds. The van der Waals surface area contributed by atoms with Crippen molar-refractivity contribution >= 4 is 12.6 Å². The normalized spacial score (nSPS) is 21.5. The van der Waals surface area contributed by atoms with Crippen LogP contribution in [-0.4, -0.2) is 23.3 Å². The molecule has 106 valence electrons. The lowest BCUT2D eigenvalue weighted by atomic mass is 9.80. The van der Waals surface area contributed by atoms with Gasteiger partial charge in [-0.3, -0.25) is 4.98 Å². The topological polar surface area (TPSA) is 55.1 Å². The second-order valence-corrected chi connectivity index (χ2v) is 6.41. The molecule has 2 heterocycles. The van der Waals surface area contributed by atoms with E-state index in [0.717, 1.165) is 11.2 Å². The summed E-state index contributed by atoms with van der Waals surface area (Å²) >= 11 is 0. The van der Waals surface area contributed by atoms with Crippen molar-refractivity contribution in [2.45, 2.75) is 52.2 Å². The van der Waals surface area contributed by atoms with E-state index in [1.54, 1.807) is 6.20 Å². The van der Waals surface area contributed by atoms with Gasteiger partial charge in [-0.2, -0.15) is 5.26 Å². The maximum absolute atomic E-state index is 8.82. The number of hydrogen-bond acceptors (Lipinski definition) is 4. The fourth-order valence-corrected chi connectivity index (χ4v) is 2.03. The average molecular weight is 272 g/mol. The summed E-state index contributed by atoms with van der Waals surface area (Å²) in [5, 5.41) is 8.82. The van der Waals surface area contributed by atoms with Crippen molar-refractivity contribution in [3.63, 3.8) is 0 Å². The zero-order valence-electron chi connectivity index (χ0n) is 12.8. The average Bonchev–Trinajstić information content (AvgIpc) is 2.59. The molecule has 0 aliphatic carbocycles. The van der Waals surface area contributed by atoms with E-state index in [2.05, 4.69) is 11.1 Å². The summed E-state index contributed by atoms with van der Waals surface area (Å²) in [7, 11) is -0.380. The molecule has 1 aromatic rings. The molecule has 2 rings (SSSR count). The first kappa shape index (κ1) is 15.0. The quantitative estimate of drug-likeness (QED) is 0.790. The van der Waals surface area contributed by atoms with Gasteiger partial charge >= 0.3 is 7.12 Å². The second-order valence-electron chi connectivity index (χ2n) is 6.41. The van der Waals surface area contributed by atoms with Gasteiger partial charge in [0, 0.05) is 29.7 Å². The van der Waals surface area contributed by atoms with Crippen LogP contribution in [0.15, 0.2) is 18.3 Å². The van der Waals surface area contributed by atoms with Crippen molar-refractivity contribution in [1.82, 2.24) is 4.98 Å². The molecule has 0 bridgehead atoms. The first-order valence-corrected chi connectivity index (χ1v) is 6.95. The Hall–Kier alpha value is -1.38. The maximum atomic E-state index is 8.82. The molecular formula is C15H21BN2O2. The van der Waals surface area contributed by atoms with E-state index in [1.165, 1.54) is 0 Å². The summed E-state index contributed by atoms with van der Waals surface area (Å²) < 4.78 is 12.0. The standard InChI is InChI=1S/C15H21BN2O2/c1-11(9-17)8-13-7-6-12(10-18-13)16-19-14(2,3)15(4,5)20-16/h6-7,10-11H,8H2,1-5H3. The first-order valence-electron chi connectivity index (χ1n) is 6.95. The Morgan fingerprint density at radius 1 is 1.25 bits per heavy atom. The van der Waals surface area contributed by atoms with Gasteiger partial charge < -0.3 is 9.31 Å². The van der Waals surface area contributed by atoms with Crippen LogP contribution >= 0.6 is 0 Å². The molecule has 1 atom stereocenters. The predicted octanol–water partition coefficient (Wildman–Crippen LogP) is 2.08. The van der Waals surface area contributed by atoms with Crippen molar-refractivity contribution in [2.24, 2.45) is 5.92 Å². The second kappa shape index (κ2) is 5.19. The van der Waals surface area contributed by atoms with E-state index in [-0.39, 0.29) is 24.2 Å². The molecule has 0 saturated carbocycles. The van der Waals surface area contributed by atoms with Gasteiger partial charge in [0.25, 0.3) is 0 Å². The van der Waals surface area contributed by atoms with Crippen molar-refractivity contribution in [1.29, 1.82) is 5.26 Å². The Kier molecular flexibility index (Phi) is 3.90. The molecule has 1 aliphatic heterocycles. The fraction of sp³-hybridized carbons (Fsp3) is 0.600. The van der Waals surface area contributed by atoms with Crippen LogP contribution in [0, 0.1) is 17.2 Å². The number of pyridine rings is 1. The van der Waals surface area contributed by atoms with Gasteiger partial charge in [-0.25, -0.2) is 0 Å². The van der Waals surface area contributed by atoms with Crippen LogP contribution in [-0.2, 0) is 15.7 Å². The van der Waals surface area contributed by atoms with Crippen LogP contribution in [0.1, 0.15) is 40.3 Å². The smallest absolute Gasteiger partial charge is 0.399 e. The number of hydrogen-bond donors (Lipinski definition) is 0. The minimum atomic E-state index is -0.380. The van der Waals surface area contributed by atoms with Crippen LogP contribution in [0.2, 0.25) is 0 Å². The van der Waals surface area contributed by atoms with Crippen LogP contribution in [0.3, 0.4) is 0 Å². The summed E-state index contributed by atoms with van der Waals surface area (Å²) in [5.74, 6) is -0.0230. The molecule has 1 aliphatic rings. The molecule has 1 fully saturated rings. The fourth-order valence-electron chi connectivity index (χ4n) is 2.03. The third kappa shape index (κ3) is 2.87. The molecule has 4 nitrogen and oxygen atoms in total. The lowest BCUT2D eigenvalue weighted by Crippen LogP contribution is -2.41. The third-order valence-corrected chi connectivity index (χ3v) is 4.11. The van der Waals surface area contributed by atoms with Crippen molar-refractivity contribution < 1.29 is 9.31 Å². The van der Waals surface area contributed by atoms with Crippen LogP contribution in [0.5, 0.6) is 0 Å². The highest BCUT2D eigenvalue weighted by molar-refractivity contribution is 6.62. The van der Waals surface area contributed by atoms with Crippen LogP contribution in [0.25, 0.3) is 0 Å². The molecule has 5 heteroatoms. The van der Waals surface area contributed by atoms with E-state index in [0.29, 0.717) is 6.42 Å². The van der Waals surface area contributed by atoms with E-state index in [4.69, 9.17) is 14.6 Å². The van der Waals surface area contributed by atoms with Crippen LogP contribution in [0.4, 0.5) is 0 Å². The zero-order valence-corrected chi connectivity index (χ0v) is 12.8. The highest BCUT2D eigenvalue weighted by Gasteiger charge is 2.51. The number of nitriles is 1. The minimum absolute atomic E-state index is 0.0230. The van der Waals surface area contributed by atoms with E-state index >= 15 is 0 Å². The lowest BCUT2D eigenvalue weighted by Gasteiger charge is -2.32. The van der Waals surface area contributed by atoms with Crippen molar-refractivity contribution in [2.75, 3.05) is 0 Å². The van der Waals surface area contributed by atoms with Gasteiger partial charge in [-0.05, 0) is 40.7 Å². The zero-order chi connectivity index (χ0) is 15.0. The Bertz CT molecular complexity index is 504. The molecule has 1 aromatic heterocycles. The van der Waals surface area contributed by atoms with Gasteiger partial charge in [0.05, 0.1) is 17.3 Å². The lowest BCUT2D eigenvalue weighted by molar-refractivity contribution is 0.00578. The largest absolute Gasteiger partial charge is 0.496 e.